The average Bonchev–Trinajstić information content (AvgIpc) is 3.07. The third kappa shape index (κ3) is 2.23. The van der Waals surface area contributed by atoms with Gasteiger partial charge in [-0.1, -0.05) is 24.6 Å². The molecule has 1 saturated carbocycles. The van der Waals surface area contributed by atoms with Gasteiger partial charge in [0.25, 0.3) is 0 Å². The fraction of sp³-hybridized carbons (Fsp3) is 0.538. The quantitative estimate of drug-likeness (QED) is 0.858. The molecular formula is C13H16ClFO. The Kier molecular flexibility index (Phi) is 3.22. The van der Waals surface area contributed by atoms with Crippen molar-refractivity contribution in [2.45, 2.75) is 26.2 Å². The second kappa shape index (κ2) is 4.34. The van der Waals surface area contributed by atoms with Crippen LogP contribution in [0.5, 0.6) is 0 Å². The van der Waals surface area contributed by atoms with E-state index in [9.17, 15) is 9.50 Å². The Balaban J connectivity index is 2.25. The van der Waals surface area contributed by atoms with Gasteiger partial charge in [0.15, 0.2) is 0 Å². The average molecular weight is 243 g/mol. The van der Waals surface area contributed by atoms with Gasteiger partial charge in [-0.05, 0) is 42.7 Å². The predicted molar refractivity (Wildman–Crippen MR) is 63.0 cm³/mol. The number of rotatable bonds is 4. The molecule has 0 heterocycles. The number of halogens is 2. The van der Waals surface area contributed by atoms with Gasteiger partial charge in [0.05, 0.1) is 0 Å². The molecule has 3 heteroatoms. The first-order valence-electron chi connectivity index (χ1n) is 5.60. The highest BCUT2D eigenvalue weighted by Crippen LogP contribution is 2.47. The van der Waals surface area contributed by atoms with E-state index >= 15 is 0 Å². The standard InChI is InChI=1S/C13H16ClFO/c1-13(8-16,9-5-6-9)7-10-11(14)3-2-4-12(10)15/h2-4,9,16H,5-8H2,1H3. The van der Waals surface area contributed by atoms with Crippen molar-refractivity contribution in [1.29, 1.82) is 0 Å². The lowest BCUT2D eigenvalue weighted by molar-refractivity contribution is 0.119. The lowest BCUT2D eigenvalue weighted by Gasteiger charge is -2.27. The van der Waals surface area contributed by atoms with Gasteiger partial charge in [0.2, 0.25) is 0 Å². The molecule has 88 valence electrons. The summed E-state index contributed by atoms with van der Waals surface area (Å²) in [6.07, 6.45) is 2.77. The van der Waals surface area contributed by atoms with Gasteiger partial charge in [-0.25, -0.2) is 4.39 Å². The Morgan fingerprint density at radius 3 is 2.69 bits per heavy atom. The first-order valence-corrected chi connectivity index (χ1v) is 5.98. The normalized spacial score (nSPS) is 19.5. The van der Waals surface area contributed by atoms with Gasteiger partial charge in [-0.3, -0.25) is 0 Å². The van der Waals surface area contributed by atoms with Crippen molar-refractivity contribution in [1.82, 2.24) is 0 Å². The van der Waals surface area contributed by atoms with E-state index in [4.69, 9.17) is 11.6 Å². The van der Waals surface area contributed by atoms with E-state index in [1.54, 1.807) is 12.1 Å². The van der Waals surface area contributed by atoms with Crippen molar-refractivity contribution in [3.63, 3.8) is 0 Å². The Bertz CT molecular complexity index is 369. The van der Waals surface area contributed by atoms with Crippen LogP contribution in [-0.2, 0) is 6.42 Å². The van der Waals surface area contributed by atoms with Crippen molar-refractivity contribution >= 4 is 11.6 Å². The second-order valence-corrected chi connectivity index (χ2v) is 5.37. The Labute approximate surface area is 100 Å². The number of hydrogen-bond acceptors (Lipinski definition) is 1. The summed E-state index contributed by atoms with van der Waals surface area (Å²) in [7, 11) is 0. The molecule has 0 radical (unpaired) electrons. The molecule has 1 atom stereocenters. The van der Waals surface area contributed by atoms with Crippen LogP contribution >= 0.6 is 11.6 Å². The number of aliphatic hydroxyl groups excluding tert-OH is 1. The van der Waals surface area contributed by atoms with Crippen molar-refractivity contribution in [2.24, 2.45) is 11.3 Å². The van der Waals surface area contributed by atoms with Crippen molar-refractivity contribution in [3.8, 4) is 0 Å². The largest absolute Gasteiger partial charge is 0.396 e. The van der Waals surface area contributed by atoms with E-state index < -0.39 is 0 Å². The zero-order valence-electron chi connectivity index (χ0n) is 9.34. The summed E-state index contributed by atoms with van der Waals surface area (Å²) in [6, 6.07) is 4.73. The van der Waals surface area contributed by atoms with Gasteiger partial charge >= 0.3 is 0 Å². The molecule has 0 aliphatic heterocycles. The van der Waals surface area contributed by atoms with Crippen molar-refractivity contribution < 1.29 is 9.50 Å². The highest BCUT2D eigenvalue weighted by molar-refractivity contribution is 6.31. The van der Waals surface area contributed by atoms with Crippen molar-refractivity contribution in [2.75, 3.05) is 6.61 Å². The molecule has 1 aliphatic carbocycles. The Morgan fingerprint density at radius 1 is 1.50 bits per heavy atom. The molecule has 1 nitrogen and oxygen atoms in total. The Hall–Kier alpha value is -0.600. The molecule has 1 unspecified atom stereocenters. The van der Waals surface area contributed by atoms with E-state index in [0.717, 1.165) is 12.8 Å². The summed E-state index contributed by atoms with van der Waals surface area (Å²) in [6.45, 7) is 2.09. The Morgan fingerprint density at radius 2 is 2.19 bits per heavy atom. The van der Waals surface area contributed by atoms with Crippen molar-refractivity contribution in [3.05, 3.63) is 34.6 Å². The summed E-state index contributed by atoms with van der Waals surface area (Å²) >= 11 is 6.00. The van der Waals surface area contributed by atoms with Crippen LogP contribution in [0.2, 0.25) is 5.02 Å². The van der Waals surface area contributed by atoms with E-state index in [-0.39, 0.29) is 17.8 Å². The minimum absolute atomic E-state index is 0.0856. The molecule has 1 aliphatic rings. The van der Waals surface area contributed by atoms with Crippen LogP contribution in [0.1, 0.15) is 25.3 Å². The molecule has 0 aromatic heterocycles. The molecule has 0 spiro atoms. The second-order valence-electron chi connectivity index (χ2n) is 4.96. The highest BCUT2D eigenvalue weighted by atomic mass is 35.5. The van der Waals surface area contributed by atoms with Gasteiger partial charge in [0, 0.05) is 17.2 Å². The van der Waals surface area contributed by atoms with E-state index in [1.807, 2.05) is 6.92 Å². The van der Waals surface area contributed by atoms with E-state index in [2.05, 4.69) is 0 Å². The lowest BCUT2D eigenvalue weighted by Crippen LogP contribution is -2.27. The maximum absolute atomic E-state index is 13.6. The van der Waals surface area contributed by atoms with Crippen LogP contribution in [0.4, 0.5) is 4.39 Å². The predicted octanol–water partition coefficient (Wildman–Crippen LogP) is 3.43. The maximum Gasteiger partial charge on any atom is 0.127 e. The fourth-order valence-electron chi connectivity index (χ4n) is 2.21. The summed E-state index contributed by atoms with van der Waals surface area (Å²) < 4.78 is 13.6. The van der Waals surface area contributed by atoms with Crippen LogP contribution in [0.3, 0.4) is 0 Å². The first-order chi connectivity index (χ1) is 7.57. The van der Waals surface area contributed by atoms with Gasteiger partial charge in [0.1, 0.15) is 5.82 Å². The zero-order valence-corrected chi connectivity index (χ0v) is 10.1. The SMILES string of the molecule is CC(CO)(Cc1c(F)cccc1Cl)C1CC1. The summed E-state index contributed by atoms with van der Waals surface area (Å²) in [5.74, 6) is 0.237. The number of hydrogen-bond donors (Lipinski definition) is 1. The molecule has 1 N–H and O–H groups in total. The molecule has 0 amide bonds. The lowest BCUT2D eigenvalue weighted by atomic mass is 9.79. The molecule has 1 aromatic rings. The molecule has 2 rings (SSSR count). The molecule has 1 aromatic carbocycles. The topological polar surface area (TPSA) is 20.2 Å². The van der Waals surface area contributed by atoms with E-state index in [1.165, 1.54) is 6.07 Å². The van der Waals surface area contributed by atoms with Gasteiger partial charge in [-0.15, -0.1) is 0 Å². The van der Waals surface area contributed by atoms with Gasteiger partial charge in [-0.2, -0.15) is 0 Å². The molecular weight excluding hydrogens is 227 g/mol. The third-order valence-corrected chi connectivity index (χ3v) is 3.92. The summed E-state index contributed by atoms with van der Waals surface area (Å²) in [4.78, 5) is 0. The zero-order chi connectivity index (χ0) is 11.8. The van der Waals surface area contributed by atoms with Crippen LogP contribution in [0.15, 0.2) is 18.2 Å². The molecule has 16 heavy (non-hydrogen) atoms. The molecule has 0 saturated heterocycles. The molecule has 0 bridgehead atoms. The van der Waals surface area contributed by atoms with E-state index in [0.29, 0.717) is 22.9 Å². The summed E-state index contributed by atoms with van der Waals surface area (Å²) in [5, 5.41) is 9.93. The smallest absolute Gasteiger partial charge is 0.127 e. The minimum atomic E-state index is -0.271. The fourth-order valence-corrected chi connectivity index (χ4v) is 2.44. The minimum Gasteiger partial charge on any atom is -0.396 e. The van der Waals surface area contributed by atoms with Crippen LogP contribution in [0, 0.1) is 17.2 Å². The monoisotopic (exact) mass is 242 g/mol. The molecule has 1 fully saturated rings. The van der Waals surface area contributed by atoms with Crippen LogP contribution in [-0.4, -0.2) is 11.7 Å². The first kappa shape index (κ1) is 11.9. The maximum atomic E-state index is 13.6. The summed E-state index contributed by atoms with van der Waals surface area (Å²) in [5.41, 5.74) is 0.305. The highest BCUT2D eigenvalue weighted by Gasteiger charge is 2.41. The number of benzene rings is 1. The van der Waals surface area contributed by atoms with Crippen LogP contribution in [0.25, 0.3) is 0 Å². The van der Waals surface area contributed by atoms with Gasteiger partial charge < -0.3 is 5.11 Å². The number of aliphatic hydroxyl groups is 1. The van der Waals surface area contributed by atoms with Crippen LogP contribution < -0.4 is 0 Å². The third-order valence-electron chi connectivity index (χ3n) is 3.57.